The highest BCUT2D eigenvalue weighted by Crippen LogP contribution is 2.25. The summed E-state index contributed by atoms with van der Waals surface area (Å²) in [6, 6.07) is 2.55. The third kappa shape index (κ3) is 3.05. The van der Waals surface area contributed by atoms with E-state index in [0.717, 1.165) is 16.9 Å². The number of benzene rings is 1. The van der Waals surface area contributed by atoms with Crippen LogP contribution in [0.1, 0.15) is 28.4 Å². The van der Waals surface area contributed by atoms with Gasteiger partial charge >= 0.3 is 5.97 Å². The van der Waals surface area contributed by atoms with Crippen molar-refractivity contribution in [1.82, 2.24) is 4.90 Å². The Kier molecular flexibility index (Phi) is 4.53. The minimum Gasteiger partial charge on any atom is -0.496 e. The summed E-state index contributed by atoms with van der Waals surface area (Å²) in [6.07, 6.45) is 0. The van der Waals surface area contributed by atoms with Gasteiger partial charge in [-0.25, -0.2) is 4.79 Å². The number of aryl methyl sites for hydroxylation is 2. The molecule has 1 aromatic carbocycles. The zero-order chi connectivity index (χ0) is 14.7. The van der Waals surface area contributed by atoms with Crippen LogP contribution in [-0.4, -0.2) is 42.1 Å². The van der Waals surface area contributed by atoms with Gasteiger partial charge in [0.05, 0.1) is 7.11 Å². The number of amides is 1. The Hall–Kier alpha value is -2.04. The van der Waals surface area contributed by atoms with Crippen LogP contribution in [0.25, 0.3) is 0 Å². The highest BCUT2D eigenvalue weighted by Gasteiger charge is 2.23. The number of carboxylic acids is 1. The second-order valence-corrected chi connectivity index (χ2v) is 4.57. The molecule has 104 valence electrons. The first kappa shape index (κ1) is 15.0. The molecule has 0 aliphatic carbocycles. The Labute approximate surface area is 112 Å². The van der Waals surface area contributed by atoms with Gasteiger partial charge in [-0.2, -0.15) is 0 Å². The number of aliphatic carboxylic acids is 1. The SMILES string of the molecule is COc1c(C)cc(C(=O)N(C)C(C)C(=O)O)cc1C. The van der Waals surface area contributed by atoms with Crippen LogP contribution in [0.2, 0.25) is 0 Å². The summed E-state index contributed by atoms with van der Waals surface area (Å²) in [6.45, 7) is 5.18. The van der Waals surface area contributed by atoms with E-state index in [4.69, 9.17) is 9.84 Å². The lowest BCUT2D eigenvalue weighted by molar-refractivity contribution is -0.141. The standard InChI is InChI=1S/C14H19NO4/c1-8-6-11(7-9(2)12(8)19-5)13(16)15(4)10(3)14(17)18/h6-7,10H,1-5H3,(H,17,18). The van der Waals surface area contributed by atoms with E-state index >= 15 is 0 Å². The Bertz CT molecular complexity index is 487. The van der Waals surface area contributed by atoms with Crippen molar-refractivity contribution >= 4 is 11.9 Å². The summed E-state index contributed by atoms with van der Waals surface area (Å²) in [4.78, 5) is 24.3. The molecule has 0 aliphatic rings. The summed E-state index contributed by atoms with van der Waals surface area (Å²) in [7, 11) is 3.06. The largest absolute Gasteiger partial charge is 0.496 e. The number of carbonyl (C=O) groups is 2. The molecule has 19 heavy (non-hydrogen) atoms. The lowest BCUT2D eigenvalue weighted by atomic mass is 10.0. The quantitative estimate of drug-likeness (QED) is 0.902. The number of ether oxygens (including phenoxy) is 1. The lowest BCUT2D eigenvalue weighted by Gasteiger charge is -2.22. The van der Waals surface area contributed by atoms with Gasteiger partial charge in [0.15, 0.2) is 0 Å². The van der Waals surface area contributed by atoms with Crippen molar-refractivity contribution in [2.45, 2.75) is 26.8 Å². The second-order valence-electron chi connectivity index (χ2n) is 4.57. The molecule has 0 fully saturated rings. The van der Waals surface area contributed by atoms with Gasteiger partial charge in [-0.3, -0.25) is 4.79 Å². The molecule has 0 radical (unpaired) electrons. The van der Waals surface area contributed by atoms with Gasteiger partial charge in [0, 0.05) is 12.6 Å². The van der Waals surface area contributed by atoms with Crippen LogP contribution < -0.4 is 4.74 Å². The molecule has 1 rings (SSSR count). The Morgan fingerprint density at radius 1 is 1.26 bits per heavy atom. The number of carbonyl (C=O) groups excluding carboxylic acids is 1. The number of hydrogen-bond acceptors (Lipinski definition) is 3. The summed E-state index contributed by atoms with van der Waals surface area (Å²) in [5.41, 5.74) is 2.16. The third-order valence-electron chi connectivity index (χ3n) is 3.17. The van der Waals surface area contributed by atoms with Crippen LogP contribution in [0.5, 0.6) is 5.75 Å². The van der Waals surface area contributed by atoms with Crippen LogP contribution in [-0.2, 0) is 4.79 Å². The van der Waals surface area contributed by atoms with Crippen molar-refractivity contribution < 1.29 is 19.4 Å². The van der Waals surface area contributed by atoms with Crippen LogP contribution in [0.4, 0.5) is 0 Å². The molecule has 0 aromatic heterocycles. The average molecular weight is 265 g/mol. The highest BCUT2D eigenvalue weighted by molar-refractivity contribution is 5.97. The molecule has 1 N–H and O–H groups in total. The van der Waals surface area contributed by atoms with Gasteiger partial charge in [0.2, 0.25) is 0 Å². The van der Waals surface area contributed by atoms with Gasteiger partial charge in [-0.1, -0.05) is 0 Å². The van der Waals surface area contributed by atoms with E-state index in [1.54, 1.807) is 19.2 Å². The van der Waals surface area contributed by atoms with Crippen LogP contribution in [0.3, 0.4) is 0 Å². The molecule has 0 aliphatic heterocycles. The number of hydrogen-bond donors (Lipinski definition) is 1. The van der Waals surface area contributed by atoms with Crippen molar-refractivity contribution in [2.75, 3.05) is 14.2 Å². The smallest absolute Gasteiger partial charge is 0.326 e. The summed E-state index contributed by atoms with van der Waals surface area (Å²) in [5, 5.41) is 8.93. The molecule has 1 unspecified atom stereocenters. The van der Waals surface area contributed by atoms with E-state index in [-0.39, 0.29) is 5.91 Å². The fourth-order valence-corrected chi connectivity index (χ4v) is 1.94. The summed E-state index contributed by atoms with van der Waals surface area (Å²) in [5.74, 6) is -0.605. The zero-order valence-corrected chi connectivity index (χ0v) is 11.9. The van der Waals surface area contributed by atoms with E-state index in [0.29, 0.717) is 5.56 Å². The average Bonchev–Trinajstić information content (AvgIpc) is 2.35. The molecule has 5 heteroatoms. The number of nitrogens with zero attached hydrogens (tertiary/aromatic N) is 1. The molecule has 0 saturated carbocycles. The van der Waals surface area contributed by atoms with Gasteiger partial charge in [0.1, 0.15) is 11.8 Å². The number of methoxy groups -OCH3 is 1. The Balaban J connectivity index is 3.11. The Morgan fingerprint density at radius 3 is 2.11 bits per heavy atom. The maximum atomic E-state index is 12.2. The summed E-state index contributed by atoms with van der Waals surface area (Å²) < 4.78 is 5.24. The highest BCUT2D eigenvalue weighted by atomic mass is 16.5. The van der Waals surface area contributed by atoms with E-state index in [1.807, 2.05) is 13.8 Å². The third-order valence-corrected chi connectivity index (χ3v) is 3.17. The van der Waals surface area contributed by atoms with Crippen LogP contribution in [0.15, 0.2) is 12.1 Å². The van der Waals surface area contributed by atoms with Crippen molar-refractivity contribution in [2.24, 2.45) is 0 Å². The number of carboxylic acid groups (broad SMARTS) is 1. The molecule has 0 heterocycles. The molecular weight excluding hydrogens is 246 g/mol. The monoisotopic (exact) mass is 265 g/mol. The first-order chi connectivity index (χ1) is 8.79. The molecular formula is C14H19NO4. The van der Waals surface area contributed by atoms with Crippen molar-refractivity contribution in [1.29, 1.82) is 0 Å². The van der Waals surface area contributed by atoms with Gasteiger partial charge in [-0.05, 0) is 44.0 Å². The van der Waals surface area contributed by atoms with Crippen molar-refractivity contribution in [3.63, 3.8) is 0 Å². The van der Waals surface area contributed by atoms with Crippen LogP contribution >= 0.6 is 0 Å². The fraction of sp³-hybridized carbons (Fsp3) is 0.429. The number of likely N-dealkylation sites (N-methyl/N-ethyl adjacent to an activating group) is 1. The molecule has 1 amide bonds. The van der Waals surface area contributed by atoms with Gasteiger partial charge < -0.3 is 14.7 Å². The van der Waals surface area contributed by atoms with Crippen molar-refractivity contribution in [3.8, 4) is 5.75 Å². The molecule has 5 nitrogen and oxygen atoms in total. The lowest BCUT2D eigenvalue weighted by Crippen LogP contribution is -2.40. The maximum absolute atomic E-state index is 12.2. The van der Waals surface area contributed by atoms with E-state index < -0.39 is 12.0 Å². The normalized spacial score (nSPS) is 11.8. The second kappa shape index (κ2) is 5.73. The van der Waals surface area contributed by atoms with Crippen molar-refractivity contribution in [3.05, 3.63) is 28.8 Å². The van der Waals surface area contributed by atoms with E-state index in [2.05, 4.69) is 0 Å². The predicted molar refractivity (Wildman–Crippen MR) is 71.7 cm³/mol. The fourth-order valence-electron chi connectivity index (χ4n) is 1.94. The molecule has 1 aromatic rings. The summed E-state index contributed by atoms with van der Waals surface area (Å²) >= 11 is 0. The molecule has 0 spiro atoms. The van der Waals surface area contributed by atoms with Crippen LogP contribution in [0, 0.1) is 13.8 Å². The molecule has 1 atom stereocenters. The zero-order valence-electron chi connectivity index (χ0n) is 11.9. The van der Waals surface area contributed by atoms with E-state index in [9.17, 15) is 9.59 Å². The van der Waals surface area contributed by atoms with E-state index in [1.165, 1.54) is 18.9 Å². The first-order valence-corrected chi connectivity index (χ1v) is 5.94. The van der Waals surface area contributed by atoms with Gasteiger partial charge in [0.25, 0.3) is 5.91 Å². The minimum absolute atomic E-state index is 0.316. The molecule has 0 saturated heterocycles. The maximum Gasteiger partial charge on any atom is 0.326 e. The topological polar surface area (TPSA) is 66.8 Å². The van der Waals surface area contributed by atoms with Gasteiger partial charge in [-0.15, -0.1) is 0 Å². The minimum atomic E-state index is -1.03. The number of rotatable bonds is 4. The molecule has 0 bridgehead atoms. The first-order valence-electron chi connectivity index (χ1n) is 5.94. The Morgan fingerprint density at radius 2 is 1.74 bits per heavy atom. The predicted octanol–water partition coefficient (Wildman–Crippen LogP) is 1.86.